The van der Waals surface area contributed by atoms with Gasteiger partial charge in [-0.2, -0.15) is 0 Å². The standard InChI is InChI=1S/C24H26N4O2/c1-4-30-22-11-8-20(9-12-22)23(29)28-24(26-16-19-6-5-13-25-15-19)27-21-10-7-17(2)18(3)14-21/h5-15H,4,16H2,1-3H3,(H2,26,27,28,29). The van der Waals surface area contributed by atoms with Crippen molar-refractivity contribution in [2.75, 3.05) is 11.9 Å². The Labute approximate surface area is 177 Å². The van der Waals surface area contributed by atoms with Crippen molar-refractivity contribution in [1.29, 1.82) is 0 Å². The average molecular weight is 402 g/mol. The van der Waals surface area contributed by atoms with E-state index in [1.807, 2.05) is 44.2 Å². The van der Waals surface area contributed by atoms with Crippen LogP contribution in [-0.4, -0.2) is 23.5 Å². The maximum absolute atomic E-state index is 12.8. The third-order valence-corrected chi connectivity index (χ3v) is 4.57. The van der Waals surface area contributed by atoms with Crippen molar-refractivity contribution in [2.45, 2.75) is 27.3 Å². The van der Waals surface area contributed by atoms with Crippen molar-refractivity contribution in [3.8, 4) is 5.75 Å². The van der Waals surface area contributed by atoms with Gasteiger partial charge in [-0.1, -0.05) is 12.1 Å². The number of carbonyl (C=O) groups excluding carboxylic acids is 1. The number of hydrogen-bond donors (Lipinski definition) is 2. The molecule has 0 saturated carbocycles. The minimum Gasteiger partial charge on any atom is -0.494 e. The molecule has 0 fully saturated rings. The number of nitrogens with one attached hydrogen (secondary N) is 2. The van der Waals surface area contributed by atoms with Gasteiger partial charge in [-0.15, -0.1) is 0 Å². The summed E-state index contributed by atoms with van der Waals surface area (Å²) in [6, 6.07) is 16.8. The number of aliphatic imine (C=N–C) groups is 1. The topological polar surface area (TPSA) is 75.6 Å². The van der Waals surface area contributed by atoms with Crippen LogP contribution >= 0.6 is 0 Å². The van der Waals surface area contributed by atoms with Crippen molar-refractivity contribution in [3.05, 3.63) is 89.2 Å². The zero-order valence-corrected chi connectivity index (χ0v) is 17.5. The summed E-state index contributed by atoms with van der Waals surface area (Å²) in [5.74, 6) is 0.855. The Morgan fingerprint density at radius 1 is 1.07 bits per heavy atom. The number of guanidine groups is 1. The van der Waals surface area contributed by atoms with Crippen LogP contribution in [0.1, 0.15) is 34.0 Å². The molecule has 0 aliphatic carbocycles. The second-order valence-corrected chi connectivity index (χ2v) is 6.86. The van der Waals surface area contributed by atoms with Crippen molar-refractivity contribution in [2.24, 2.45) is 4.99 Å². The Hall–Kier alpha value is -3.67. The summed E-state index contributed by atoms with van der Waals surface area (Å²) in [5, 5.41) is 6.10. The molecule has 154 valence electrons. The van der Waals surface area contributed by atoms with Gasteiger partial charge >= 0.3 is 0 Å². The lowest BCUT2D eigenvalue weighted by atomic mass is 10.1. The van der Waals surface area contributed by atoms with E-state index in [0.717, 1.165) is 22.6 Å². The molecule has 0 radical (unpaired) electrons. The molecule has 0 aliphatic rings. The van der Waals surface area contributed by atoms with Crippen molar-refractivity contribution >= 4 is 17.6 Å². The van der Waals surface area contributed by atoms with Gasteiger partial charge in [-0.25, -0.2) is 4.99 Å². The second kappa shape index (κ2) is 10.2. The number of ether oxygens (including phenoxy) is 1. The third-order valence-electron chi connectivity index (χ3n) is 4.57. The Balaban J connectivity index is 1.78. The summed E-state index contributed by atoms with van der Waals surface area (Å²) < 4.78 is 5.44. The fourth-order valence-corrected chi connectivity index (χ4v) is 2.78. The maximum Gasteiger partial charge on any atom is 0.257 e. The number of hydrogen-bond acceptors (Lipinski definition) is 4. The fraction of sp³-hybridized carbons (Fsp3) is 0.208. The first kappa shape index (κ1) is 21.0. The van der Waals surface area contributed by atoms with E-state index in [2.05, 4.69) is 27.5 Å². The lowest BCUT2D eigenvalue weighted by molar-refractivity contribution is 0.0977. The lowest BCUT2D eigenvalue weighted by Crippen LogP contribution is -2.36. The molecule has 1 aromatic heterocycles. The molecule has 0 spiro atoms. The number of amides is 1. The van der Waals surface area contributed by atoms with Crippen LogP contribution in [-0.2, 0) is 6.54 Å². The van der Waals surface area contributed by atoms with Crippen molar-refractivity contribution < 1.29 is 9.53 Å². The molecule has 3 rings (SSSR count). The first-order chi connectivity index (χ1) is 14.5. The molecule has 0 atom stereocenters. The van der Waals surface area contributed by atoms with Gasteiger partial charge in [0.1, 0.15) is 5.75 Å². The maximum atomic E-state index is 12.8. The van der Waals surface area contributed by atoms with Crippen molar-refractivity contribution in [1.82, 2.24) is 10.3 Å². The quantitative estimate of drug-likeness (QED) is 0.470. The largest absolute Gasteiger partial charge is 0.494 e. The summed E-state index contributed by atoms with van der Waals surface area (Å²) in [6.07, 6.45) is 3.47. The number of rotatable bonds is 6. The van der Waals surface area contributed by atoms with Crippen LogP contribution in [0, 0.1) is 13.8 Å². The van der Waals surface area contributed by atoms with E-state index in [9.17, 15) is 4.79 Å². The molecule has 0 unspecified atom stereocenters. The van der Waals surface area contributed by atoms with E-state index in [1.54, 1.807) is 36.7 Å². The van der Waals surface area contributed by atoms with Crippen LogP contribution in [0.5, 0.6) is 5.75 Å². The van der Waals surface area contributed by atoms with Crippen LogP contribution in [0.25, 0.3) is 0 Å². The molecule has 1 heterocycles. The Morgan fingerprint density at radius 2 is 1.87 bits per heavy atom. The minimum absolute atomic E-state index is 0.251. The van der Waals surface area contributed by atoms with Crippen LogP contribution in [0.3, 0.4) is 0 Å². The number of nitrogens with zero attached hydrogens (tertiary/aromatic N) is 2. The zero-order valence-electron chi connectivity index (χ0n) is 17.5. The monoisotopic (exact) mass is 402 g/mol. The molecule has 2 aromatic carbocycles. The number of aryl methyl sites for hydroxylation is 2. The van der Waals surface area contributed by atoms with Gasteiger partial charge in [0.25, 0.3) is 5.91 Å². The Morgan fingerprint density at radius 3 is 2.53 bits per heavy atom. The molecule has 3 aromatic rings. The second-order valence-electron chi connectivity index (χ2n) is 6.86. The van der Waals surface area contributed by atoms with Crippen LogP contribution in [0.4, 0.5) is 5.69 Å². The molecule has 0 aliphatic heterocycles. The lowest BCUT2D eigenvalue weighted by Gasteiger charge is -2.13. The van der Waals surface area contributed by atoms with Crippen LogP contribution in [0.2, 0.25) is 0 Å². The first-order valence-corrected chi connectivity index (χ1v) is 9.87. The van der Waals surface area contributed by atoms with Gasteiger partial charge < -0.3 is 10.1 Å². The molecule has 2 N–H and O–H groups in total. The molecule has 30 heavy (non-hydrogen) atoms. The molecular formula is C24H26N4O2. The highest BCUT2D eigenvalue weighted by Gasteiger charge is 2.10. The molecule has 6 heteroatoms. The number of aromatic nitrogens is 1. The SMILES string of the molecule is CCOc1ccc(C(=O)NC(=NCc2cccnc2)Nc2ccc(C)c(C)c2)cc1. The van der Waals surface area contributed by atoms with E-state index in [0.29, 0.717) is 24.7 Å². The average Bonchev–Trinajstić information content (AvgIpc) is 2.76. The normalized spacial score (nSPS) is 11.1. The van der Waals surface area contributed by atoms with E-state index in [1.165, 1.54) is 5.56 Å². The van der Waals surface area contributed by atoms with Gasteiger partial charge in [0, 0.05) is 23.6 Å². The van der Waals surface area contributed by atoms with Gasteiger partial charge in [0.2, 0.25) is 5.96 Å². The van der Waals surface area contributed by atoms with Gasteiger partial charge in [-0.05, 0) is 79.9 Å². The van der Waals surface area contributed by atoms with Crippen LogP contribution < -0.4 is 15.4 Å². The minimum atomic E-state index is -0.251. The zero-order chi connectivity index (χ0) is 21.3. The number of carbonyl (C=O) groups is 1. The number of benzene rings is 2. The fourth-order valence-electron chi connectivity index (χ4n) is 2.78. The number of pyridine rings is 1. The predicted octanol–water partition coefficient (Wildman–Crippen LogP) is 4.50. The first-order valence-electron chi connectivity index (χ1n) is 9.87. The third kappa shape index (κ3) is 5.91. The summed E-state index contributed by atoms with van der Waals surface area (Å²) in [7, 11) is 0. The summed E-state index contributed by atoms with van der Waals surface area (Å²) in [4.78, 5) is 21.4. The summed E-state index contributed by atoms with van der Waals surface area (Å²) in [5.41, 5.74) is 4.69. The highest BCUT2D eigenvalue weighted by atomic mass is 16.5. The highest BCUT2D eigenvalue weighted by Crippen LogP contribution is 2.15. The molecule has 6 nitrogen and oxygen atoms in total. The Kier molecular flexibility index (Phi) is 7.16. The van der Waals surface area contributed by atoms with Gasteiger partial charge in [0.15, 0.2) is 0 Å². The molecule has 0 bridgehead atoms. The van der Waals surface area contributed by atoms with E-state index in [4.69, 9.17) is 4.74 Å². The van der Waals surface area contributed by atoms with E-state index in [-0.39, 0.29) is 5.91 Å². The Bertz CT molecular complexity index is 1020. The van der Waals surface area contributed by atoms with Crippen molar-refractivity contribution in [3.63, 3.8) is 0 Å². The molecule has 1 amide bonds. The molecule has 0 saturated heterocycles. The summed E-state index contributed by atoms with van der Waals surface area (Å²) in [6.45, 7) is 7.00. The van der Waals surface area contributed by atoms with Gasteiger partial charge in [0.05, 0.1) is 13.2 Å². The van der Waals surface area contributed by atoms with Gasteiger partial charge in [-0.3, -0.25) is 15.1 Å². The van der Waals surface area contributed by atoms with E-state index >= 15 is 0 Å². The molecular weight excluding hydrogens is 376 g/mol. The van der Waals surface area contributed by atoms with E-state index < -0.39 is 0 Å². The number of anilines is 1. The smallest absolute Gasteiger partial charge is 0.257 e. The van der Waals surface area contributed by atoms with Crippen LogP contribution in [0.15, 0.2) is 72.0 Å². The summed E-state index contributed by atoms with van der Waals surface area (Å²) >= 11 is 0. The predicted molar refractivity (Wildman–Crippen MR) is 120 cm³/mol. The highest BCUT2D eigenvalue weighted by molar-refractivity contribution is 6.10.